The number of hydrogen-bond donors (Lipinski definition) is 3. The summed E-state index contributed by atoms with van der Waals surface area (Å²) >= 11 is 0. The highest BCUT2D eigenvalue weighted by Crippen LogP contribution is 2.54. The molecule has 16 nitrogen and oxygen atoms in total. The van der Waals surface area contributed by atoms with Crippen molar-refractivity contribution in [1.29, 1.82) is 0 Å². The number of rotatable bonds is 11. The number of likely N-dealkylation sites (tertiary alicyclic amines) is 1. The van der Waals surface area contributed by atoms with E-state index < -0.39 is 31.4 Å². The molecule has 17 heteroatoms. The standard InChI is InChI=1S/C52H57N9O7S/c1-33(2)40-10-3-4-11-41(40)43-12-7-20-59(43)38-30-52(31-38)16-22-58(23-17-52)37-13-14-42(44(27-37)60-21-8-24-67-51-46(60)25-34-15-19-54-49(34)56-51)50(62)57-69(65,66)39-28-45(61(63)64)48-47(29-39)68-32-36(55-48)26-35-9-5-6-18-53-35/h3-6,9-11,13-15,18-19,25,27-29,33,36,38,43,55H,7-8,12,16-17,20-24,26,30-32H2,1-2H3,(H,54,56)(H,57,62)/t36-,43-/m0/s1. The molecule has 11 rings (SSSR count). The van der Waals surface area contributed by atoms with Crippen molar-refractivity contribution in [2.24, 2.45) is 5.41 Å². The Kier molecular flexibility index (Phi) is 11.7. The Hall–Kier alpha value is -6.72. The molecule has 6 aromatic rings. The number of pyridine rings is 2. The fourth-order valence-electron chi connectivity index (χ4n) is 11.6. The molecule has 0 radical (unpaired) electrons. The van der Waals surface area contributed by atoms with Crippen LogP contribution in [-0.4, -0.2) is 90.6 Å². The van der Waals surface area contributed by atoms with Gasteiger partial charge in [0, 0.05) is 79.4 Å². The SMILES string of the molecule is CC(C)c1ccccc1[C@@H]1CCCN1C1CC2(CCN(c3ccc(C(=O)NS(=O)(=O)c4cc5c(c([N+](=O)[O-])c4)N[C@@H](Cc4ccccn4)CO5)c(N4CCCOc5nc6[nH]ccc6cc54)c3)CC2)C1. The van der Waals surface area contributed by atoms with Crippen LogP contribution in [0.5, 0.6) is 11.6 Å². The van der Waals surface area contributed by atoms with Crippen molar-refractivity contribution in [3.63, 3.8) is 0 Å². The van der Waals surface area contributed by atoms with Crippen LogP contribution in [0.25, 0.3) is 11.0 Å². The lowest BCUT2D eigenvalue weighted by molar-refractivity contribution is -0.384. The molecule has 1 saturated carbocycles. The van der Waals surface area contributed by atoms with Crippen molar-refractivity contribution in [3.05, 3.63) is 130 Å². The minimum Gasteiger partial charge on any atom is -0.489 e. The third-order valence-corrected chi connectivity index (χ3v) is 16.4. The number of ether oxygens (including phenoxy) is 2. The summed E-state index contributed by atoms with van der Waals surface area (Å²) in [4.78, 5) is 45.3. The van der Waals surface area contributed by atoms with Crippen LogP contribution >= 0.6 is 0 Å². The smallest absolute Gasteiger partial charge is 0.297 e. The fraction of sp³-hybridized carbons (Fsp3) is 0.404. The van der Waals surface area contributed by atoms with Gasteiger partial charge in [0.1, 0.15) is 17.9 Å². The van der Waals surface area contributed by atoms with Crippen molar-refractivity contribution in [2.75, 3.05) is 54.5 Å². The number of sulfonamides is 1. The summed E-state index contributed by atoms with van der Waals surface area (Å²) in [6.45, 7) is 8.42. The summed E-state index contributed by atoms with van der Waals surface area (Å²) in [6, 6.07) is 26.8. The molecular formula is C52H57N9O7S. The fourth-order valence-corrected chi connectivity index (χ4v) is 12.6. The molecule has 2 atom stereocenters. The maximum atomic E-state index is 14.5. The van der Waals surface area contributed by atoms with Gasteiger partial charge in [0.25, 0.3) is 21.6 Å². The Bertz CT molecular complexity index is 3040. The zero-order valence-corrected chi connectivity index (χ0v) is 39.7. The molecule has 3 fully saturated rings. The number of aromatic amines is 1. The van der Waals surface area contributed by atoms with Crippen molar-refractivity contribution < 1.29 is 27.6 Å². The lowest BCUT2D eigenvalue weighted by Gasteiger charge is -2.56. The Balaban J connectivity index is 0.854. The number of amides is 1. The summed E-state index contributed by atoms with van der Waals surface area (Å²) in [7, 11) is -4.67. The zero-order chi connectivity index (χ0) is 47.4. The summed E-state index contributed by atoms with van der Waals surface area (Å²) in [6.07, 6.45) is 11.5. The minimum absolute atomic E-state index is 0.00234. The van der Waals surface area contributed by atoms with Gasteiger partial charge in [0.05, 0.1) is 33.7 Å². The van der Waals surface area contributed by atoms with Gasteiger partial charge in [0.2, 0.25) is 5.88 Å². The van der Waals surface area contributed by atoms with Gasteiger partial charge in [0.15, 0.2) is 11.4 Å². The molecule has 3 aromatic carbocycles. The largest absolute Gasteiger partial charge is 0.489 e. The van der Waals surface area contributed by atoms with Gasteiger partial charge < -0.3 is 29.6 Å². The number of carbonyl (C=O) groups is 1. The Morgan fingerprint density at radius 2 is 1.78 bits per heavy atom. The van der Waals surface area contributed by atoms with E-state index in [1.54, 1.807) is 24.5 Å². The lowest BCUT2D eigenvalue weighted by atomic mass is 9.59. The molecule has 1 aliphatic carbocycles. The van der Waals surface area contributed by atoms with Gasteiger partial charge in [-0.1, -0.05) is 44.2 Å². The van der Waals surface area contributed by atoms with Crippen LogP contribution in [0.4, 0.5) is 28.4 Å². The minimum atomic E-state index is -4.67. The molecule has 4 aliphatic heterocycles. The van der Waals surface area contributed by atoms with E-state index >= 15 is 0 Å². The molecule has 2 saturated heterocycles. The van der Waals surface area contributed by atoms with E-state index in [0.29, 0.717) is 72.3 Å². The number of fused-ring (bicyclic) bond motifs is 3. The van der Waals surface area contributed by atoms with Crippen LogP contribution in [0, 0.1) is 15.5 Å². The number of hydrogen-bond acceptors (Lipinski definition) is 13. The number of nitro groups is 1. The van der Waals surface area contributed by atoms with Crippen molar-refractivity contribution >= 4 is 55.4 Å². The Morgan fingerprint density at radius 1 is 0.957 bits per heavy atom. The maximum Gasteiger partial charge on any atom is 0.297 e. The molecule has 3 aromatic heterocycles. The van der Waals surface area contributed by atoms with Gasteiger partial charge in [-0.3, -0.25) is 24.8 Å². The number of anilines is 4. The molecule has 0 unspecified atom stereocenters. The van der Waals surface area contributed by atoms with Crippen molar-refractivity contribution in [3.8, 4) is 11.6 Å². The van der Waals surface area contributed by atoms with Crippen LogP contribution < -0.4 is 29.3 Å². The first-order valence-electron chi connectivity index (χ1n) is 24.2. The van der Waals surface area contributed by atoms with Gasteiger partial charge in [-0.2, -0.15) is 4.98 Å². The molecule has 0 bridgehead atoms. The van der Waals surface area contributed by atoms with Crippen LogP contribution in [0.3, 0.4) is 0 Å². The van der Waals surface area contributed by atoms with E-state index in [2.05, 4.69) is 67.9 Å². The highest BCUT2D eigenvalue weighted by atomic mass is 32.2. The molecular weight excluding hydrogens is 895 g/mol. The molecule has 5 aliphatic rings. The summed E-state index contributed by atoms with van der Waals surface area (Å²) in [5.74, 6) is 0.00144. The van der Waals surface area contributed by atoms with Crippen molar-refractivity contribution in [1.82, 2.24) is 24.6 Å². The lowest BCUT2D eigenvalue weighted by Crippen LogP contribution is -2.55. The van der Waals surface area contributed by atoms with E-state index in [1.807, 2.05) is 41.3 Å². The molecule has 1 amide bonds. The zero-order valence-electron chi connectivity index (χ0n) is 38.9. The highest BCUT2D eigenvalue weighted by molar-refractivity contribution is 7.90. The average molecular weight is 952 g/mol. The number of aromatic nitrogens is 3. The quantitative estimate of drug-likeness (QED) is 0.0825. The second-order valence-corrected chi connectivity index (χ2v) is 21.4. The first-order chi connectivity index (χ1) is 33.4. The summed E-state index contributed by atoms with van der Waals surface area (Å²) in [5.41, 5.74) is 6.46. The van der Waals surface area contributed by atoms with Gasteiger partial charge in [-0.05, 0) is 116 Å². The van der Waals surface area contributed by atoms with Crippen molar-refractivity contribution in [2.45, 2.75) is 94.2 Å². The molecule has 7 heterocycles. The predicted octanol–water partition coefficient (Wildman–Crippen LogP) is 9.03. The number of nitro benzene ring substituents is 1. The molecule has 69 heavy (non-hydrogen) atoms. The van der Waals surface area contributed by atoms with Crippen LogP contribution in [-0.2, 0) is 16.4 Å². The number of H-pyrrole nitrogens is 1. The Labute approximate surface area is 401 Å². The Morgan fingerprint density at radius 3 is 2.58 bits per heavy atom. The average Bonchev–Trinajstić information content (AvgIpc) is 3.97. The third-order valence-electron chi connectivity index (χ3n) is 15.1. The van der Waals surface area contributed by atoms with Crippen LogP contribution in [0.2, 0.25) is 0 Å². The normalized spacial score (nSPS) is 20.3. The highest BCUT2D eigenvalue weighted by Gasteiger charge is 2.50. The molecule has 358 valence electrons. The summed E-state index contributed by atoms with van der Waals surface area (Å²) in [5, 5.41) is 16.4. The van der Waals surface area contributed by atoms with Crippen LogP contribution in [0.15, 0.2) is 102 Å². The van der Waals surface area contributed by atoms with Crippen LogP contribution in [0.1, 0.15) is 97.9 Å². The number of nitrogens with zero attached hydrogens (tertiary/aromatic N) is 6. The second kappa shape index (κ2) is 18.0. The second-order valence-electron chi connectivity index (χ2n) is 19.7. The van der Waals surface area contributed by atoms with E-state index in [-0.39, 0.29) is 29.6 Å². The third kappa shape index (κ3) is 8.60. The van der Waals surface area contributed by atoms with E-state index in [9.17, 15) is 23.3 Å². The van der Waals surface area contributed by atoms with E-state index in [1.165, 1.54) is 42.9 Å². The predicted molar refractivity (Wildman–Crippen MR) is 264 cm³/mol. The van der Waals surface area contributed by atoms with E-state index in [4.69, 9.17) is 14.5 Å². The number of nitrogens with one attached hydrogen (secondary N) is 3. The topological polar surface area (TPSA) is 188 Å². The van der Waals surface area contributed by atoms with E-state index in [0.717, 1.165) is 55.3 Å². The van der Waals surface area contributed by atoms with Gasteiger partial charge >= 0.3 is 0 Å². The van der Waals surface area contributed by atoms with Gasteiger partial charge in [-0.15, -0.1) is 0 Å². The first-order valence-corrected chi connectivity index (χ1v) is 25.7. The first kappa shape index (κ1) is 44.8. The monoisotopic (exact) mass is 951 g/mol. The number of benzene rings is 3. The number of piperidine rings is 1. The molecule has 3 N–H and O–H groups in total. The maximum absolute atomic E-state index is 14.5. The van der Waals surface area contributed by atoms with Gasteiger partial charge in [-0.25, -0.2) is 13.1 Å². The molecule has 1 spiro atoms. The number of carbonyl (C=O) groups excluding carboxylic acids is 1. The summed E-state index contributed by atoms with van der Waals surface area (Å²) < 4.78 is 42.7.